The zero-order valence-corrected chi connectivity index (χ0v) is 14.2. The average molecular weight is 344 g/mol. The highest BCUT2D eigenvalue weighted by atomic mass is 35.5. The molecule has 0 amide bonds. The molecule has 1 aliphatic rings. The first-order valence-corrected chi connectivity index (χ1v) is 8.49. The Kier molecular flexibility index (Phi) is 4.49. The summed E-state index contributed by atoms with van der Waals surface area (Å²) < 4.78 is 0. The molecular formula is C16H17Cl3N2. The second-order valence-electron chi connectivity index (χ2n) is 5.38. The molecule has 0 bridgehead atoms. The van der Waals surface area contributed by atoms with E-state index in [1.54, 1.807) is 6.07 Å². The maximum Gasteiger partial charge on any atom is 0.0928 e. The number of rotatable bonds is 2. The Balaban J connectivity index is 2.40. The zero-order valence-electron chi connectivity index (χ0n) is 11.9. The van der Waals surface area contributed by atoms with E-state index in [0.717, 1.165) is 41.7 Å². The van der Waals surface area contributed by atoms with E-state index in [1.807, 2.05) is 0 Å². The van der Waals surface area contributed by atoms with Crippen molar-refractivity contribution >= 4 is 51.4 Å². The lowest BCUT2D eigenvalue weighted by atomic mass is 10.0. The Hall–Kier alpha value is -0.700. The van der Waals surface area contributed by atoms with Crippen molar-refractivity contribution in [1.29, 1.82) is 0 Å². The fraction of sp³-hybridized carbons (Fsp3) is 0.438. The molecule has 0 saturated carbocycles. The summed E-state index contributed by atoms with van der Waals surface area (Å²) in [5, 5.41) is 5.89. The van der Waals surface area contributed by atoms with Crippen LogP contribution in [0.15, 0.2) is 6.07 Å². The van der Waals surface area contributed by atoms with Crippen molar-refractivity contribution in [3.63, 3.8) is 0 Å². The van der Waals surface area contributed by atoms with Gasteiger partial charge in [0.15, 0.2) is 0 Å². The van der Waals surface area contributed by atoms with Crippen molar-refractivity contribution in [2.45, 2.75) is 39.0 Å². The Morgan fingerprint density at radius 1 is 1.10 bits per heavy atom. The molecule has 2 nitrogen and oxygen atoms in total. The lowest BCUT2D eigenvalue weighted by molar-refractivity contribution is 0.709. The molecule has 1 aromatic heterocycles. The minimum Gasteiger partial charge on any atom is -0.384 e. The van der Waals surface area contributed by atoms with Gasteiger partial charge in [-0.3, -0.25) is 4.98 Å². The van der Waals surface area contributed by atoms with Gasteiger partial charge in [0, 0.05) is 17.6 Å². The van der Waals surface area contributed by atoms with Gasteiger partial charge in [-0.05, 0) is 44.2 Å². The number of pyridine rings is 1. The van der Waals surface area contributed by atoms with Gasteiger partial charge in [0.1, 0.15) is 0 Å². The number of aryl methyl sites for hydroxylation is 1. The normalized spacial score (nSPS) is 14.9. The molecule has 112 valence electrons. The van der Waals surface area contributed by atoms with Gasteiger partial charge in [-0.15, -0.1) is 0 Å². The van der Waals surface area contributed by atoms with Crippen molar-refractivity contribution in [3.05, 3.63) is 32.4 Å². The third kappa shape index (κ3) is 2.69. The smallest absolute Gasteiger partial charge is 0.0928 e. The molecule has 1 aromatic carbocycles. The summed E-state index contributed by atoms with van der Waals surface area (Å²) in [4.78, 5) is 4.81. The molecule has 0 radical (unpaired) electrons. The molecule has 0 spiro atoms. The van der Waals surface area contributed by atoms with Crippen molar-refractivity contribution < 1.29 is 0 Å². The number of hydrogen-bond acceptors (Lipinski definition) is 2. The van der Waals surface area contributed by atoms with Gasteiger partial charge in [-0.2, -0.15) is 0 Å². The van der Waals surface area contributed by atoms with Crippen LogP contribution in [-0.2, 0) is 12.8 Å². The molecule has 0 saturated heterocycles. The van der Waals surface area contributed by atoms with Gasteiger partial charge in [-0.25, -0.2) is 0 Å². The number of fused-ring (bicyclic) bond motifs is 2. The van der Waals surface area contributed by atoms with Gasteiger partial charge < -0.3 is 5.32 Å². The Morgan fingerprint density at radius 3 is 2.62 bits per heavy atom. The first-order valence-electron chi connectivity index (χ1n) is 7.36. The van der Waals surface area contributed by atoms with Crippen LogP contribution in [0, 0.1) is 0 Å². The molecule has 0 unspecified atom stereocenters. The van der Waals surface area contributed by atoms with Crippen LogP contribution in [0.2, 0.25) is 15.1 Å². The van der Waals surface area contributed by atoms with Gasteiger partial charge >= 0.3 is 0 Å². The van der Waals surface area contributed by atoms with Gasteiger partial charge in [0.25, 0.3) is 0 Å². The minimum atomic E-state index is 0.476. The van der Waals surface area contributed by atoms with Crippen LogP contribution < -0.4 is 5.32 Å². The summed E-state index contributed by atoms with van der Waals surface area (Å²) in [7, 11) is 0. The van der Waals surface area contributed by atoms with Crippen LogP contribution in [-0.4, -0.2) is 11.5 Å². The highest BCUT2D eigenvalue weighted by Gasteiger charge is 2.21. The molecule has 3 rings (SSSR count). The molecule has 5 heteroatoms. The van der Waals surface area contributed by atoms with E-state index < -0.39 is 0 Å². The molecule has 0 atom stereocenters. The summed E-state index contributed by atoms with van der Waals surface area (Å²) in [6.07, 6.45) is 5.63. The van der Waals surface area contributed by atoms with E-state index in [1.165, 1.54) is 24.8 Å². The molecule has 0 fully saturated rings. The summed E-state index contributed by atoms with van der Waals surface area (Å²) in [5.74, 6) is 0. The second kappa shape index (κ2) is 6.20. The number of anilines is 1. The summed E-state index contributed by atoms with van der Waals surface area (Å²) in [6, 6.07) is 1.68. The number of hydrogen-bond donors (Lipinski definition) is 1. The number of nitrogens with one attached hydrogen (secondary N) is 1. The van der Waals surface area contributed by atoms with E-state index in [2.05, 4.69) is 12.2 Å². The standard InChI is InChI=1S/C16H17Cl3N2/c1-2-20-15-9-6-4-3-5-7-12(9)21-16-11(18)8-10(17)14(19)13(15)16/h8H,2-7H2,1H3,(H,20,21). The molecule has 0 aliphatic heterocycles. The summed E-state index contributed by atoms with van der Waals surface area (Å²) >= 11 is 19.0. The summed E-state index contributed by atoms with van der Waals surface area (Å²) in [5.41, 5.74) is 4.25. The first kappa shape index (κ1) is 15.2. The van der Waals surface area contributed by atoms with Crippen molar-refractivity contribution in [1.82, 2.24) is 4.98 Å². The number of aromatic nitrogens is 1. The topological polar surface area (TPSA) is 24.9 Å². The molecule has 1 heterocycles. The third-order valence-electron chi connectivity index (χ3n) is 3.99. The monoisotopic (exact) mass is 342 g/mol. The molecule has 21 heavy (non-hydrogen) atoms. The number of benzene rings is 1. The zero-order chi connectivity index (χ0) is 15.0. The highest BCUT2D eigenvalue weighted by Crippen LogP contribution is 2.42. The van der Waals surface area contributed by atoms with E-state index in [4.69, 9.17) is 39.8 Å². The van der Waals surface area contributed by atoms with Crippen LogP contribution in [0.1, 0.15) is 37.4 Å². The Morgan fingerprint density at radius 2 is 1.86 bits per heavy atom. The number of nitrogens with zero attached hydrogens (tertiary/aromatic N) is 1. The fourth-order valence-electron chi connectivity index (χ4n) is 3.04. The third-order valence-corrected chi connectivity index (χ3v) is 5.06. The van der Waals surface area contributed by atoms with Crippen LogP contribution >= 0.6 is 34.8 Å². The quantitative estimate of drug-likeness (QED) is 0.542. The first-order chi connectivity index (χ1) is 10.1. The van der Waals surface area contributed by atoms with E-state index >= 15 is 0 Å². The molecule has 1 N–H and O–H groups in total. The Labute approximate surface area is 139 Å². The molecule has 2 aromatic rings. The van der Waals surface area contributed by atoms with E-state index in [0.29, 0.717) is 15.1 Å². The lowest BCUT2D eigenvalue weighted by Crippen LogP contribution is -2.07. The van der Waals surface area contributed by atoms with Crippen molar-refractivity contribution in [2.75, 3.05) is 11.9 Å². The maximum absolute atomic E-state index is 6.45. The van der Waals surface area contributed by atoms with Crippen LogP contribution in [0.5, 0.6) is 0 Å². The Bertz CT molecular complexity index is 698. The van der Waals surface area contributed by atoms with E-state index in [-0.39, 0.29) is 0 Å². The van der Waals surface area contributed by atoms with Crippen LogP contribution in [0.3, 0.4) is 0 Å². The molecular weight excluding hydrogens is 327 g/mol. The average Bonchev–Trinajstić information content (AvgIpc) is 2.70. The van der Waals surface area contributed by atoms with Gasteiger partial charge in [0.05, 0.1) is 26.3 Å². The predicted molar refractivity (Wildman–Crippen MR) is 92.2 cm³/mol. The van der Waals surface area contributed by atoms with E-state index in [9.17, 15) is 0 Å². The highest BCUT2D eigenvalue weighted by molar-refractivity contribution is 6.48. The van der Waals surface area contributed by atoms with Crippen LogP contribution in [0.25, 0.3) is 10.9 Å². The SMILES string of the molecule is CCNc1c2c(nc3c(Cl)cc(Cl)c(Cl)c13)CCCCC2. The van der Waals surface area contributed by atoms with Crippen LogP contribution in [0.4, 0.5) is 5.69 Å². The maximum atomic E-state index is 6.45. The van der Waals surface area contributed by atoms with Gasteiger partial charge in [-0.1, -0.05) is 41.2 Å². The van der Waals surface area contributed by atoms with Gasteiger partial charge in [0.2, 0.25) is 0 Å². The molecule has 1 aliphatic carbocycles. The lowest BCUT2D eigenvalue weighted by Gasteiger charge is -2.18. The predicted octanol–water partition coefficient (Wildman–Crippen LogP) is 5.90. The number of halogens is 3. The summed E-state index contributed by atoms with van der Waals surface area (Å²) in [6.45, 7) is 2.90. The van der Waals surface area contributed by atoms with Crippen molar-refractivity contribution in [3.8, 4) is 0 Å². The fourth-order valence-corrected chi connectivity index (χ4v) is 3.78. The minimum absolute atomic E-state index is 0.476. The van der Waals surface area contributed by atoms with Crippen molar-refractivity contribution in [2.24, 2.45) is 0 Å². The largest absolute Gasteiger partial charge is 0.384 e. The second-order valence-corrected chi connectivity index (χ2v) is 6.57.